The molecule has 2 heterocycles. The van der Waals surface area contributed by atoms with Crippen molar-refractivity contribution in [1.29, 1.82) is 0 Å². The number of carbonyl (C=O) groups excluding carboxylic acids is 3. The standard InChI is InChI=1S/C29H42N2O10/c1-27(2,26(39)41-25-21(35)19(33)20(34)22(40-25)24(37)38)31-23(36)16-7-6-14-13-5-8-17-29(4,12-10-18(32)30-17)15(13)9-11-28(14,16)3/h10,12-17,19-22,25,33-35H,5-9,11H2,1-4H3,(H,30,32)(H,31,36)(H,37,38)/t13-,14-,15-,16+,17+,19+,20+,21-,22+,25-,28-,29+/m0/s1. The molecule has 12 atom stereocenters. The lowest BCUT2D eigenvalue weighted by atomic mass is 9.48. The number of fused-ring (bicyclic) bond motifs is 5. The molecule has 0 aromatic rings. The fourth-order valence-corrected chi connectivity index (χ4v) is 8.61. The van der Waals surface area contributed by atoms with Crippen LogP contribution in [-0.4, -0.2) is 86.5 Å². The molecule has 5 rings (SSSR count). The summed E-state index contributed by atoms with van der Waals surface area (Å²) >= 11 is 0. The SMILES string of the molecule is CC(C)(NC(=O)[C@H]1CC[C@H]2[C@@H]3CC[C@H]4NC(=O)C=C[C@]4(C)[C@H]3CC[C@]12C)C(=O)O[C@@H]1O[C@@H](C(=O)O)[C@H](O)[C@@H](O)[C@@H]1O. The summed E-state index contributed by atoms with van der Waals surface area (Å²) < 4.78 is 10.3. The van der Waals surface area contributed by atoms with Gasteiger partial charge < -0.3 is 40.5 Å². The van der Waals surface area contributed by atoms with E-state index >= 15 is 0 Å². The van der Waals surface area contributed by atoms with Gasteiger partial charge in [-0.1, -0.05) is 19.9 Å². The maximum Gasteiger partial charge on any atom is 0.335 e. The van der Waals surface area contributed by atoms with Crippen LogP contribution in [0.5, 0.6) is 0 Å². The Labute approximate surface area is 238 Å². The van der Waals surface area contributed by atoms with Crippen molar-refractivity contribution in [1.82, 2.24) is 10.6 Å². The zero-order chi connectivity index (χ0) is 30.1. The van der Waals surface area contributed by atoms with Gasteiger partial charge in [0.25, 0.3) is 0 Å². The van der Waals surface area contributed by atoms with Crippen LogP contribution in [0.25, 0.3) is 0 Å². The first-order valence-electron chi connectivity index (χ1n) is 14.6. The molecule has 0 radical (unpaired) electrons. The number of aliphatic hydroxyl groups excluding tert-OH is 3. The Morgan fingerprint density at radius 2 is 1.73 bits per heavy atom. The average Bonchev–Trinajstić information content (AvgIpc) is 3.26. The van der Waals surface area contributed by atoms with Crippen molar-refractivity contribution in [3.05, 3.63) is 12.2 Å². The molecule has 1 saturated heterocycles. The van der Waals surface area contributed by atoms with Gasteiger partial charge in [-0.15, -0.1) is 0 Å². The number of carbonyl (C=O) groups is 4. The van der Waals surface area contributed by atoms with Gasteiger partial charge in [0.1, 0.15) is 23.9 Å². The Morgan fingerprint density at radius 3 is 2.41 bits per heavy atom. The van der Waals surface area contributed by atoms with Crippen molar-refractivity contribution in [3.63, 3.8) is 0 Å². The van der Waals surface area contributed by atoms with Gasteiger partial charge in [-0.2, -0.15) is 0 Å². The molecule has 12 heteroatoms. The van der Waals surface area contributed by atoms with E-state index in [0.717, 1.165) is 32.1 Å². The molecule has 0 aromatic carbocycles. The minimum Gasteiger partial charge on any atom is -0.479 e. The number of esters is 1. The molecule has 3 saturated carbocycles. The second-order valence-corrected chi connectivity index (χ2v) is 13.6. The van der Waals surface area contributed by atoms with E-state index in [1.54, 1.807) is 6.08 Å². The monoisotopic (exact) mass is 578 g/mol. The summed E-state index contributed by atoms with van der Waals surface area (Å²) in [4.78, 5) is 50.1. The van der Waals surface area contributed by atoms with Gasteiger partial charge in [-0.25, -0.2) is 9.59 Å². The van der Waals surface area contributed by atoms with Crippen LogP contribution in [0, 0.1) is 34.5 Å². The van der Waals surface area contributed by atoms with E-state index in [9.17, 15) is 39.6 Å². The quantitative estimate of drug-likeness (QED) is 0.246. The first-order valence-corrected chi connectivity index (χ1v) is 14.6. The Hall–Kier alpha value is -2.54. The number of hydrogen-bond donors (Lipinski definition) is 6. The van der Waals surface area contributed by atoms with E-state index in [4.69, 9.17) is 9.47 Å². The molecule has 4 fully saturated rings. The van der Waals surface area contributed by atoms with Crippen LogP contribution in [0.1, 0.15) is 66.2 Å². The first-order chi connectivity index (χ1) is 19.1. The number of ether oxygens (including phenoxy) is 2. The Bertz CT molecular complexity index is 1140. The Kier molecular flexibility index (Phi) is 7.54. The first kappa shape index (κ1) is 29.9. The lowest BCUT2D eigenvalue weighted by molar-refractivity contribution is -0.287. The van der Waals surface area contributed by atoms with E-state index in [1.807, 2.05) is 0 Å². The van der Waals surface area contributed by atoms with Crippen LogP contribution in [0.15, 0.2) is 12.2 Å². The van der Waals surface area contributed by atoms with Gasteiger partial charge in [0.15, 0.2) is 6.10 Å². The molecule has 3 aliphatic carbocycles. The third-order valence-corrected chi connectivity index (χ3v) is 11.0. The van der Waals surface area contributed by atoms with Gasteiger partial charge >= 0.3 is 11.9 Å². The molecule has 2 amide bonds. The molecular weight excluding hydrogens is 536 g/mol. The van der Waals surface area contributed by atoms with Crippen molar-refractivity contribution >= 4 is 23.8 Å². The van der Waals surface area contributed by atoms with E-state index in [2.05, 4.69) is 30.6 Å². The second-order valence-electron chi connectivity index (χ2n) is 13.6. The van der Waals surface area contributed by atoms with Crippen LogP contribution < -0.4 is 10.6 Å². The highest BCUT2D eigenvalue weighted by Gasteiger charge is 2.61. The normalized spacial score (nSPS) is 45.5. The number of aliphatic hydroxyl groups is 3. The zero-order valence-corrected chi connectivity index (χ0v) is 23.9. The fourth-order valence-electron chi connectivity index (χ4n) is 8.61. The minimum atomic E-state index is -1.91. The largest absolute Gasteiger partial charge is 0.479 e. The van der Waals surface area contributed by atoms with Crippen molar-refractivity contribution in [2.75, 3.05) is 0 Å². The van der Waals surface area contributed by atoms with Crippen LogP contribution in [-0.2, 0) is 28.7 Å². The second kappa shape index (κ2) is 10.3. The van der Waals surface area contributed by atoms with Crippen molar-refractivity contribution in [3.8, 4) is 0 Å². The summed E-state index contributed by atoms with van der Waals surface area (Å²) in [5, 5.41) is 45.3. The van der Waals surface area contributed by atoms with Gasteiger partial charge in [-0.3, -0.25) is 9.59 Å². The highest BCUT2D eigenvalue weighted by molar-refractivity contribution is 5.89. The predicted octanol–water partition coefficient (Wildman–Crippen LogP) is 0.230. The summed E-state index contributed by atoms with van der Waals surface area (Å²) in [5.41, 5.74) is -1.92. The van der Waals surface area contributed by atoms with Crippen LogP contribution in [0.3, 0.4) is 0 Å². The summed E-state index contributed by atoms with van der Waals surface area (Å²) in [6, 6.07) is 0.125. The van der Waals surface area contributed by atoms with Gasteiger partial charge in [0, 0.05) is 17.4 Å². The Morgan fingerprint density at radius 1 is 1.02 bits per heavy atom. The highest BCUT2D eigenvalue weighted by atomic mass is 16.7. The van der Waals surface area contributed by atoms with Crippen molar-refractivity contribution in [2.24, 2.45) is 34.5 Å². The minimum absolute atomic E-state index is 0.0367. The molecule has 6 N–H and O–H groups in total. The Balaban J connectivity index is 1.26. The smallest absolute Gasteiger partial charge is 0.335 e. The molecule has 228 valence electrons. The topological polar surface area (TPSA) is 192 Å². The number of carboxylic acids is 1. The lowest BCUT2D eigenvalue weighted by Crippen LogP contribution is -2.62. The lowest BCUT2D eigenvalue weighted by Gasteiger charge is -2.58. The van der Waals surface area contributed by atoms with Crippen molar-refractivity contribution < 1.29 is 49.1 Å². The molecule has 2 aliphatic heterocycles. The summed E-state index contributed by atoms with van der Waals surface area (Å²) in [5.74, 6) is -2.03. The highest BCUT2D eigenvalue weighted by Crippen LogP contribution is 2.65. The number of aliphatic carboxylic acids is 1. The summed E-state index contributed by atoms with van der Waals surface area (Å²) in [7, 11) is 0. The van der Waals surface area contributed by atoms with Crippen LogP contribution in [0.2, 0.25) is 0 Å². The maximum atomic E-state index is 13.7. The van der Waals surface area contributed by atoms with Gasteiger partial charge in [0.05, 0.1) is 0 Å². The van der Waals surface area contributed by atoms with Gasteiger partial charge in [0.2, 0.25) is 18.1 Å². The summed E-state index contributed by atoms with van der Waals surface area (Å²) in [6.45, 7) is 7.31. The number of amides is 2. The number of rotatable bonds is 5. The third-order valence-electron chi connectivity index (χ3n) is 11.0. The number of nitrogens with one attached hydrogen (secondary N) is 2. The van der Waals surface area contributed by atoms with E-state index in [0.29, 0.717) is 24.2 Å². The van der Waals surface area contributed by atoms with E-state index in [-0.39, 0.29) is 34.6 Å². The van der Waals surface area contributed by atoms with Crippen LogP contribution >= 0.6 is 0 Å². The molecule has 41 heavy (non-hydrogen) atoms. The van der Waals surface area contributed by atoms with Crippen LogP contribution in [0.4, 0.5) is 0 Å². The zero-order valence-electron chi connectivity index (χ0n) is 23.9. The molecular formula is C29H42N2O10. The number of carboxylic acid groups (broad SMARTS) is 1. The van der Waals surface area contributed by atoms with Gasteiger partial charge in [-0.05, 0) is 81.6 Å². The molecule has 5 aliphatic rings. The van der Waals surface area contributed by atoms with Crippen molar-refractivity contribution in [2.45, 2.75) is 109 Å². The molecule has 0 aromatic heterocycles. The fraction of sp³-hybridized carbons (Fsp3) is 0.793. The number of hydrogen-bond acceptors (Lipinski definition) is 9. The molecule has 0 unspecified atom stereocenters. The predicted molar refractivity (Wildman–Crippen MR) is 142 cm³/mol. The van der Waals surface area contributed by atoms with E-state index < -0.39 is 48.2 Å². The van der Waals surface area contributed by atoms with E-state index in [1.165, 1.54) is 13.8 Å². The summed E-state index contributed by atoms with van der Waals surface area (Å²) in [6.07, 6.45) is -0.457. The molecule has 0 spiro atoms. The average molecular weight is 579 g/mol. The third kappa shape index (κ3) is 4.86. The maximum absolute atomic E-state index is 13.7. The molecule has 12 nitrogen and oxygen atoms in total. The molecule has 0 bridgehead atoms.